The van der Waals surface area contributed by atoms with Gasteiger partial charge in [0.2, 0.25) is 8.32 Å². The van der Waals surface area contributed by atoms with Crippen molar-refractivity contribution in [3.05, 3.63) is 40.4 Å². The van der Waals surface area contributed by atoms with E-state index in [4.69, 9.17) is 9.52 Å². The number of nitro benzene ring substituents is 1. The highest BCUT2D eigenvalue weighted by Crippen LogP contribution is 2.49. The Morgan fingerprint density at radius 3 is 2.47 bits per heavy atom. The predicted molar refractivity (Wildman–Crippen MR) is 141 cm³/mol. The van der Waals surface area contributed by atoms with Gasteiger partial charge in [-0.25, -0.2) is 4.68 Å². The molecule has 8 nitrogen and oxygen atoms in total. The van der Waals surface area contributed by atoms with Gasteiger partial charge in [0.15, 0.2) is 0 Å². The lowest BCUT2D eigenvalue weighted by Crippen LogP contribution is -2.43. The first-order valence-corrected chi connectivity index (χ1v) is 14.8. The highest BCUT2D eigenvalue weighted by molar-refractivity contribution is 6.74. The minimum atomic E-state index is -2.03. The summed E-state index contributed by atoms with van der Waals surface area (Å²) < 4.78 is 8.55. The molecule has 0 amide bonds. The molecule has 3 aromatic rings. The predicted octanol–water partition coefficient (Wildman–Crippen LogP) is 6.91. The molecule has 182 valence electrons. The van der Waals surface area contributed by atoms with E-state index in [9.17, 15) is 10.1 Å². The minimum Gasteiger partial charge on any atom is -0.543 e. The third-order valence-corrected chi connectivity index (χ3v) is 11.8. The minimum absolute atomic E-state index is 0.00812. The zero-order valence-corrected chi connectivity index (χ0v) is 22.4. The standard InChI is InChI=1S/C25H35N5O3Si/c1-9-28(10-2)16(3)29-20-13-14-21(30(31)32)24-22(20)23(27-29)18-15-17(11-12-19(18)26-24)33-34(7,8)25(4,5)6/h11-16,26H,9-10H2,1-8H3. The monoisotopic (exact) mass is 481 g/mol. The summed E-state index contributed by atoms with van der Waals surface area (Å²) in [5, 5.41) is 21.1. The van der Waals surface area contributed by atoms with Gasteiger partial charge in [0.25, 0.3) is 5.69 Å². The molecule has 1 atom stereocenters. The number of rotatable bonds is 7. The van der Waals surface area contributed by atoms with Crippen molar-refractivity contribution in [2.75, 3.05) is 18.4 Å². The smallest absolute Gasteiger partial charge is 0.293 e. The van der Waals surface area contributed by atoms with Crippen LogP contribution in [0.4, 0.5) is 17.1 Å². The fourth-order valence-electron chi connectivity index (χ4n) is 4.36. The molecule has 0 aliphatic carbocycles. The zero-order chi connectivity index (χ0) is 25.0. The van der Waals surface area contributed by atoms with Crippen molar-refractivity contribution in [2.45, 2.75) is 65.8 Å². The molecule has 1 unspecified atom stereocenters. The Kier molecular flexibility index (Phi) is 5.98. The molecule has 0 spiro atoms. The van der Waals surface area contributed by atoms with Crippen LogP contribution in [-0.4, -0.2) is 41.0 Å². The maximum Gasteiger partial charge on any atom is 0.293 e. The first-order valence-electron chi connectivity index (χ1n) is 11.9. The first-order chi connectivity index (χ1) is 15.9. The van der Waals surface area contributed by atoms with Gasteiger partial charge in [-0.2, -0.15) is 5.10 Å². The van der Waals surface area contributed by atoms with E-state index in [1.165, 1.54) is 0 Å². The Hall–Kier alpha value is -2.91. The number of anilines is 2. The summed E-state index contributed by atoms with van der Waals surface area (Å²) in [5.74, 6) is 0.806. The van der Waals surface area contributed by atoms with Crippen LogP contribution >= 0.6 is 0 Å². The van der Waals surface area contributed by atoms with E-state index in [0.717, 1.165) is 46.7 Å². The lowest BCUT2D eigenvalue weighted by Gasteiger charge is -2.36. The van der Waals surface area contributed by atoms with Crippen molar-refractivity contribution in [1.29, 1.82) is 0 Å². The molecule has 0 radical (unpaired) electrons. The summed E-state index contributed by atoms with van der Waals surface area (Å²) in [6, 6.07) is 9.30. The van der Waals surface area contributed by atoms with Gasteiger partial charge in [0.1, 0.15) is 23.3 Å². The van der Waals surface area contributed by atoms with Gasteiger partial charge in [0, 0.05) is 17.3 Å². The van der Waals surface area contributed by atoms with E-state index < -0.39 is 8.32 Å². The van der Waals surface area contributed by atoms with Gasteiger partial charge in [0.05, 0.1) is 15.8 Å². The van der Waals surface area contributed by atoms with Crippen LogP contribution in [0.25, 0.3) is 22.2 Å². The zero-order valence-electron chi connectivity index (χ0n) is 21.4. The SMILES string of the molecule is CCN(CC)C(C)n1nc2c3c(c([N+](=O)[O-])ccc31)Nc1ccc(O[Si](C)(C)C(C)(C)C)cc1-2. The van der Waals surface area contributed by atoms with Crippen LogP contribution in [0.2, 0.25) is 18.1 Å². The van der Waals surface area contributed by atoms with Crippen LogP contribution in [0, 0.1) is 10.1 Å². The quantitative estimate of drug-likeness (QED) is 0.175. The number of nitro groups is 1. The van der Waals surface area contributed by atoms with E-state index in [1.54, 1.807) is 6.07 Å². The second kappa shape index (κ2) is 8.39. The third kappa shape index (κ3) is 3.86. The number of benzene rings is 2. The summed E-state index contributed by atoms with van der Waals surface area (Å²) in [5.41, 5.74) is 3.88. The first kappa shape index (κ1) is 24.2. The van der Waals surface area contributed by atoms with Crippen molar-refractivity contribution >= 4 is 36.3 Å². The average molecular weight is 482 g/mol. The maximum absolute atomic E-state index is 11.8. The van der Waals surface area contributed by atoms with Crippen molar-refractivity contribution in [3.8, 4) is 17.0 Å². The fraction of sp³-hybridized carbons (Fsp3) is 0.480. The summed E-state index contributed by atoms with van der Waals surface area (Å²) in [6.07, 6.45) is 0.00812. The van der Waals surface area contributed by atoms with Crippen LogP contribution in [0.15, 0.2) is 30.3 Å². The molecule has 0 saturated carbocycles. The molecule has 0 fully saturated rings. The number of hydrogen-bond acceptors (Lipinski definition) is 6. The maximum atomic E-state index is 11.8. The Balaban J connectivity index is 1.92. The van der Waals surface area contributed by atoms with Crippen LogP contribution in [0.5, 0.6) is 5.75 Å². The molecule has 0 saturated heterocycles. The number of fused-ring (bicyclic) bond motifs is 2. The van der Waals surface area contributed by atoms with E-state index >= 15 is 0 Å². The van der Waals surface area contributed by atoms with Gasteiger partial charge in [-0.15, -0.1) is 0 Å². The van der Waals surface area contributed by atoms with Crippen molar-refractivity contribution in [2.24, 2.45) is 0 Å². The number of nitrogens with one attached hydrogen (secondary N) is 1. The van der Waals surface area contributed by atoms with Crippen LogP contribution in [0.3, 0.4) is 0 Å². The Morgan fingerprint density at radius 2 is 1.88 bits per heavy atom. The van der Waals surface area contributed by atoms with Crippen molar-refractivity contribution in [1.82, 2.24) is 14.7 Å². The van der Waals surface area contributed by atoms with Gasteiger partial charge >= 0.3 is 0 Å². The largest absolute Gasteiger partial charge is 0.543 e. The molecule has 2 aromatic carbocycles. The summed E-state index contributed by atoms with van der Waals surface area (Å²) in [6.45, 7) is 19.2. The summed E-state index contributed by atoms with van der Waals surface area (Å²) in [4.78, 5) is 13.8. The highest BCUT2D eigenvalue weighted by Gasteiger charge is 2.39. The molecule has 9 heteroatoms. The molecular formula is C25H35N5O3Si. The molecule has 2 heterocycles. The normalized spacial score (nSPS) is 14.1. The van der Waals surface area contributed by atoms with Crippen molar-refractivity contribution in [3.63, 3.8) is 0 Å². The molecule has 1 N–H and O–H groups in total. The van der Waals surface area contributed by atoms with E-state index in [0.29, 0.717) is 5.69 Å². The second-order valence-electron chi connectivity index (χ2n) is 10.5. The van der Waals surface area contributed by atoms with Gasteiger partial charge in [-0.1, -0.05) is 34.6 Å². The number of hydrogen-bond donors (Lipinski definition) is 1. The lowest BCUT2D eigenvalue weighted by atomic mass is 9.99. The van der Waals surface area contributed by atoms with E-state index in [1.807, 2.05) is 28.9 Å². The van der Waals surface area contributed by atoms with Gasteiger partial charge in [-0.05, 0) is 62.4 Å². The second-order valence-corrected chi connectivity index (χ2v) is 15.2. The topological polar surface area (TPSA) is 85.5 Å². The van der Waals surface area contributed by atoms with Crippen molar-refractivity contribution < 1.29 is 9.35 Å². The van der Waals surface area contributed by atoms with E-state index in [-0.39, 0.29) is 21.8 Å². The summed E-state index contributed by atoms with van der Waals surface area (Å²) in [7, 11) is -2.03. The molecule has 1 aromatic heterocycles. The van der Waals surface area contributed by atoms with Crippen LogP contribution in [0.1, 0.15) is 47.7 Å². The van der Waals surface area contributed by atoms with E-state index in [2.05, 4.69) is 64.9 Å². The molecule has 4 rings (SSSR count). The molecule has 1 aliphatic rings. The third-order valence-electron chi connectivity index (χ3n) is 7.43. The Bertz CT molecular complexity index is 1260. The van der Waals surface area contributed by atoms with Gasteiger partial charge in [-0.3, -0.25) is 15.0 Å². The fourth-order valence-corrected chi connectivity index (χ4v) is 5.38. The molecule has 1 aliphatic heterocycles. The molecule has 34 heavy (non-hydrogen) atoms. The highest BCUT2D eigenvalue weighted by atomic mass is 28.4. The number of aromatic nitrogens is 2. The van der Waals surface area contributed by atoms with Crippen LogP contribution in [-0.2, 0) is 0 Å². The van der Waals surface area contributed by atoms with Crippen LogP contribution < -0.4 is 9.74 Å². The Labute approximate surface area is 202 Å². The molecule has 0 bridgehead atoms. The Morgan fingerprint density at radius 1 is 1.21 bits per heavy atom. The number of nitrogens with zero attached hydrogens (tertiary/aromatic N) is 4. The lowest BCUT2D eigenvalue weighted by molar-refractivity contribution is -0.383. The summed E-state index contributed by atoms with van der Waals surface area (Å²) >= 11 is 0. The molecular weight excluding hydrogens is 446 g/mol. The van der Waals surface area contributed by atoms with Gasteiger partial charge < -0.3 is 9.74 Å². The average Bonchev–Trinajstić information content (AvgIpc) is 3.15.